The zero-order valence-electron chi connectivity index (χ0n) is 46.8. The highest BCUT2D eigenvalue weighted by Gasteiger charge is 2.20. The number of carbonyl (C=O) groups is 2. The predicted molar refractivity (Wildman–Crippen MR) is 301 cm³/mol. The summed E-state index contributed by atoms with van der Waals surface area (Å²) in [6.45, 7) is 4.91. The van der Waals surface area contributed by atoms with Gasteiger partial charge in [0.15, 0.2) is 0 Å². The molecule has 0 aromatic heterocycles. The number of allylic oxidation sites excluding steroid dienone is 2. The topological polar surface area (TPSA) is 95.9 Å². The highest BCUT2D eigenvalue weighted by Crippen LogP contribution is 2.18. The second-order valence-corrected chi connectivity index (χ2v) is 21.7. The molecule has 0 aromatic rings. The molecule has 2 unspecified atom stereocenters. The minimum absolute atomic E-state index is 0.0250. The Labute approximate surface area is 431 Å². The summed E-state index contributed by atoms with van der Waals surface area (Å²) in [6, 6.07) is -0.563. The van der Waals surface area contributed by atoms with Crippen LogP contribution in [0.5, 0.6) is 0 Å². The molecule has 0 aromatic carbocycles. The van der Waals surface area contributed by atoms with Crippen LogP contribution in [-0.2, 0) is 14.3 Å². The van der Waals surface area contributed by atoms with Gasteiger partial charge in [-0.25, -0.2) is 0 Å². The highest BCUT2D eigenvalue weighted by molar-refractivity contribution is 5.76. The number of unbranched alkanes of at least 4 members (excludes halogenated alkanes) is 46. The maximum Gasteiger partial charge on any atom is 0.305 e. The van der Waals surface area contributed by atoms with E-state index in [4.69, 9.17) is 4.74 Å². The number of hydrogen-bond acceptors (Lipinski definition) is 5. The van der Waals surface area contributed by atoms with Crippen LogP contribution in [0.15, 0.2) is 12.2 Å². The largest absolute Gasteiger partial charge is 0.466 e. The molecule has 0 fully saturated rings. The van der Waals surface area contributed by atoms with E-state index in [1.54, 1.807) is 0 Å². The van der Waals surface area contributed by atoms with Gasteiger partial charge in [-0.1, -0.05) is 302 Å². The minimum atomic E-state index is -0.683. The SMILES string of the molecule is CCCCCCCCCCCCCCCCCCCCCCCCC(O)C(CO)NC(=O)CCCCCCC/C=C\CCCCOC(=O)CCCCCCCCCCCCCCCCCCCCC. The van der Waals surface area contributed by atoms with Crippen molar-refractivity contribution in [1.82, 2.24) is 5.32 Å². The molecule has 0 aliphatic carbocycles. The van der Waals surface area contributed by atoms with Gasteiger partial charge in [0.1, 0.15) is 0 Å². The molecular weight excluding hydrogens is 851 g/mol. The zero-order valence-corrected chi connectivity index (χ0v) is 46.8. The van der Waals surface area contributed by atoms with E-state index >= 15 is 0 Å². The van der Waals surface area contributed by atoms with E-state index in [9.17, 15) is 19.8 Å². The molecule has 0 saturated carbocycles. The van der Waals surface area contributed by atoms with Crippen LogP contribution in [0.4, 0.5) is 0 Å². The fourth-order valence-corrected chi connectivity index (χ4v) is 9.99. The van der Waals surface area contributed by atoms with Gasteiger partial charge in [-0.3, -0.25) is 9.59 Å². The van der Waals surface area contributed by atoms with Gasteiger partial charge in [-0.05, 0) is 51.4 Å². The Morgan fingerprint density at radius 3 is 1.03 bits per heavy atom. The summed E-state index contributed by atoms with van der Waals surface area (Å²) in [5.41, 5.74) is 0. The van der Waals surface area contributed by atoms with Crippen LogP contribution in [0.1, 0.15) is 354 Å². The third kappa shape index (κ3) is 55.8. The van der Waals surface area contributed by atoms with Crippen molar-refractivity contribution in [3.8, 4) is 0 Å². The van der Waals surface area contributed by atoms with Crippen molar-refractivity contribution in [3.05, 3.63) is 12.2 Å². The molecule has 0 heterocycles. The number of aliphatic hydroxyl groups excluding tert-OH is 2. The third-order valence-electron chi connectivity index (χ3n) is 14.8. The van der Waals surface area contributed by atoms with E-state index < -0.39 is 12.1 Å². The van der Waals surface area contributed by atoms with Crippen LogP contribution >= 0.6 is 0 Å². The van der Waals surface area contributed by atoms with Crippen LogP contribution in [-0.4, -0.2) is 47.4 Å². The number of rotatable bonds is 59. The smallest absolute Gasteiger partial charge is 0.305 e. The van der Waals surface area contributed by atoms with Gasteiger partial charge in [-0.15, -0.1) is 0 Å². The molecule has 0 radical (unpaired) electrons. The summed E-state index contributed by atoms with van der Waals surface area (Å²) in [4.78, 5) is 24.6. The molecule has 2 atom stereocenters. The van der Waals surface area contributed by atoms with Crippen LogP contribution in [0.2, 0.25) is 0 Å². The van der Waals surface area contributed by atoms with Crippen LogP contribution in [0.25, 0.3) is 0 Å². The van der Waals surface area contributed by atoms with Crippen LogP contribution in [0, 0.1) is 0 Å². The highest BCUT2D eigenvalue weighted by atomic mass is 16.5. The van der Waals surface area contributed by atoms with E-state index in [1.165, 1.54) is 244 Å². The third-order valence-corrected chi connectivity index (χ3v) is 14.8. The molecule has 1 amide bonds. The van der Waals surface area contributed by atoms with Crippen LogP contribution in [0.3, 0.4) is 0 Å². The molecule has 3 N–H and O–H groups in total. The molecule has 6 heteroatoms. The Morgan fingerprint density at radius 1 is 0.391 bits per heavy atom. The number of aliphatic hydroxyl groups is 2. The van der Waals surface area contributed by atoms with E-state index in [0.29, 0.717) is 25.9 Å². The summed E-state index contributed by atoms with van der Waals surface area (Å²) in [5, 5.41) is 23.3. The van der Waals surface area contributed by atoms with Crippen molar-refractivity contribution >= 4 is 11.9 Å². The van der Waals surface area contributed by atoms with Crippen LogP contribution < -0.4 is 5.32 Å². The second kappa shape index (κ2) is 59.2. The average Bonchev–Trinajstić information content (AvgIpc) is 3.35. The van der Waals surface area contributed by atoms with Crippen molar-refractivity contribution < 1.29 is 24.5 Å². The van der Waals surface area contributed by atoms with Gasteiger partial charge < -0.3 is 20.3 Å². The quantitative estimate of drug-likeness (QED) is 0.0321. The number of ether oxygens (including phenoxy) is 1. The Balaban J connectivity index is 3.46. The lowest BCUT2D eigenvalue weighted by atomic mass is 10.0. The Kier molecular flexibility index (Phi) is 58.0. The molecule has 6 nitrogen and oxygen atoms in total. The first-order valence-electron chi connectivity index (χ1n) is 31.4. The van der Waals surface area contributed by atoms with Crippen molar-refractivity contribution in [2.24, 2.45) is 0 Å². The normalized spacial score (nSPS) is 12.6. The monoisotopic (exact) mass is 974 g/mol. The summed E-state index contributed by atoms with van der Waals surface area (Å²) in [7, 11) is 0. The summed E-state index contributed by atoms with van der Waals surface area (Å²) in [6.07, 6.45) is 70.8. The molecule has 0 spiro atoms. The molecule has 0 rings (SSSR count). The maximum atomic E-state index is 12.5. The molecule has 69 heavy (non-hydrogen) atoms. The summed E-state index contributed by atoms with van der Waals surface area (Å²) in [5.74, 6) is -0.0845. The van der Waals surface area contributed by atoms with Crippen molar-refractivity contribution in [1.29, 1.82) is 0 Å². The number of carbonyl (C=O) groups excluding carboxylic acids is 2. The van der Waals surface area contributed by atoms with Gasteiger partial charge in [0.25, 0.3) is 0 Å². The molecule has 0 saturated heterocycles. The van der Waals surface area contributed by atoms with E-state index in [-0.39, 0.29) is 18.5 Å². The Hall–Kier alpha value is -1.40. The number of amides is 1. The van der Waals surface area contributed by atoms with E-state index in [2.05, 4.69) is 31.3 Å². The zero-order chi connectivity index (χ0) is 50.0. The molecular formula is C63H123NO5. The molecule has 410 valence electrons. The lowest BCUT2D eigenvalue weighted by Gasteiger charge is -2.22. The predicted octanol–water partition coefficient (Wildman–Crippen LogP) is 19.6. The fraction of sp³-hybridized carbons (Fsp3) is 0.937. The lowest BCUT2D eigenvalue weighted by molar-refractivity contribution is -0.143. The first kappa shape index (κ1) is 67.6. The summed E-state index contributed by atoms with van der Waals surface area (Å²) >= 11 is 0. The van der Waals surface area contributed by atoms with Gasteiger partial charge in [0.05, 0.1) is 25.4 Å². The molecule has 0 bridgehead atoms. The average molecular weight is 975 g/mol. The Morgan fingerprint density at radius 2 is 0.681 bits per heavy atom. The lowest BCUT2D eigenvalue weighted by Crippen LogP contribution is -2.45. The first-order chi connectivity index (χ1) is 34.0. The van der Waals surface area contributed by atoms with Gasteiger partial charge >= 0.3 is 5.97 Å². The van der Waals surface area contributed by atoms with Crippen molar-refractivity contribution in [2.75, 3.05) is 13.2 Å². The molecule has 0 aliphatic heterocycles. The fourth-order valence-electron chi connectivity index (χ4n) is 9.99. The minimum Gasteiger partial charge on any atom is -0.466 e. The molecule has 0 aliphatic rings. The Bertz CT molecular complexity index is 1030. The van der Waals surface area contributed by atoms with Crippen molar-refractivity contribution in [2.45, 2.75) is 366 Å². The first-order valence-corrected chi connectivity index (χ1v) is 31.4. The summed E-state index contributed by atoms with van der Waals surface area (Å²) < 4.78 is 5.47. The van der Waals surface area contributed by atoms with Crippen molar-refractivity contribution in [3.63, 3.8) is 0 Å². The van der Waals surface area contributed by atoms with Gasteiger partial charge in [0, 0.05) is 12.8 Å². The van der Waals surface area contributed by atoms with E-state index in [0.717, 1.165) is 77.0 Å². The standard InChI is InChI=1S/C63H123NO5/c1-3-5-7-9-11-13-15-17-19-21-23-24-25-27-28-30-32-35-39-43-47-51-55-61(66)60(59-65)64-62(67)56-52-48-44-40-36-34-38-42-46-50-54-58-69-63(68)57-53-49-45-41-37-33-31-29-26-22-20-18-16-14-12-10-8-6-4-2/h38,42,60-61,65-66H,3-37,39-41,43-59H2,1-2H3,(H,64,67)/b42-38-. The van der Waals surface area contributed by atoms with Gasteiger partial charge in [0.2, 0.25) is 5.91 Å². The second-order valence-electron chi connectivity index (χ2n) is 21.7. The number of hydrogen-bond donors (Lipinski definition) is 3. The number of nitrogens with one attached hydrogen (secondary N) is 1. The maximum absolute atomic E-state index is 12.5. The van der Waals surface area contributed by atoms with Gasteiger partial charge in [-0.2, -0.15) is 0 Å². The van der Waals surface area contributed by atoms with E-state index in [1.807, 2.05) is 0 Å². The number of esters is 1.